The molecule has 1 aromatic rings. The van der Waals surface area contributed by atoms with Gasteiger partial charge >= 0.3 is 0 Å². The fourth-order valence-corrected chi connectivity index (χ4v) is 1.55. The van der Waals surface area contributed by atoms with Gasteiger partial charge in [-0.25, -0.2) is 0 Å². The van der Waals surface area contributed by atoms with Crippen molar-refractivity contribution in [3.05, 3.63) is 35.9 Å². The second-order valence-electron chi connectivity index (χ2n) is 3.66. The number of amidine groups is 1. The summed E-state index contributed by atoms with van der Waals surface area (Å²) in [7, 11) is 0. The molecule has 0 heterocycles. The Balaban J connectivity index is 2.46. The third kappa shape index (κ3) is 4.03. The lowest BCUT2D eigenvalue weighted by atomic mass is 10.2. The Hall–Kier alpha value is -1.35. The number of aliphatic imine (C=N–C) groups is 1. The van der Waals surface area contributed by atoms with Gasteiger partial charge in [0, 0.05) is 12.1 Å². The minimum atomic E-state index is 0.632. The van der Waals surface area contributed by atoms with Crippen LogP contribution >= 0.6 is 0 Å². The summed E-state index contributed by atoms with van der Waals surface area (Å²) in [5.41, 5.74) is 6.90. The largest absolute Gasteiger partial charge is 0.384 e. The molecule has 0 amide bonds. The van der Waals surface area contributed by atoms with Gasteiger partial charge in [-0.2, -0.15) is 0 Å². The Bertz CT molecular complexity index is 315. The first-order valence-corrected chi connectivity index (χ1v) is 5.85. The normalized spacial score (nSPS) is 12.1. The molecule has 0 spiro atoms. The average molecular weight is 219 g/mol. The van der Waals surface area contributed by atoms with Gasteiger partial charge in [-0.15, -0.1) is 0 Å². The highest BCUT2D eigenvalue weighted by molar-refractivity contribution is 5.97. The van der Waals surface area contributed by atoms with Crippen LogP contribution in [0, 0.1) is 0 Å². The summed E-state index contributed by atoms with van der Waals surface area (Å²) in [5.74, 6) is 0.632. The van der Waals surface area contributed by atoms with E-state index in [4.69, 9.17) is 5.73 Å². The van der Waals surface area contributed by atoms with E-state index in [0.29, 0.717) is 5.84 Å². The van der Waals surface area contributed by atoms with Crippen molar-refractivity contribution in [1.82, 2.24) is 4.90 Å². The predicted molar refractivity (Wildman–Crippen MR) is 69.8 cm³/mol. The molecule has 0 aliphatic rings. The fraction of sp³-hybridized carbons (Fsp3) is 0.462. The molecular formula is C13H21N3. The molecule has 0 saturated heterocycles. The molecule has 0 bridgehead atoms. The van der Waals surface area contributed by atoms with Crippen LogP contribution < -0.4 is 5.73 Å². The SMILES string of the molecule is CCN(CC)CCN=C(N)c1ccccc1. The van der Waals surface area contributed by atoms with E-state index in [-0.39, 0.29) is 0 Å². The minimum absolute atomic E-state index is 0.632. The first-order chi connectivity index (χ1) is 7.77. The molecule has 2 N–H and O–H groups in total. The number of likely N-dealkylation sites (N-methyl/N-ethyl adjacent to an activating group) is 1. The molecule has 3 nitrogen and oxygen atoms in total. The van der Waals surface area contributed by atoms with Crippen molar-refractivity contribution >= 4 is 5.84 Å². The van der Waals surface area contributed by atoms with Gasteiger partial charge in [0.2, 0.25) is 0 Å². The van der Waals surface area contributed by atoms with E-state index in [0.717, 1.165) is 31.7 Å². The van der Waals surface area contributed by atoms with E-state index in [1.807, 2.05) is 30.3 Å². The minimum Gasteiger partial charge on any atom is -0.384 e. The van der Waals surface area contributed by atoms with Crippen molar-refractivity contribution in [2.45, 2.75) is 13.8 Å². The van der Waals surface area contributed by atoms with E-state index >= 15 is 0 Å². The Labute approximate surface area is 98.0 Å². The highest BCUT2D eigenvalue weighted by Gasteiger charge is 1.99. The second kappa shape index (κ2) is 7.01. The highest BCUT2D eigenvalue weighted by atomic mass is 15.1. The number of nitrogens with zero attached hydrogens (tertiary/aromatic N) is 2. The third-order valence-electron chi connectivity index (χ3n) is 2.66. The molecule has 16 heavy (non-hydrogen) atoms. The first-order valence-electron chi connectivity index (χ1n) is 5.85. The molecule has 88 valence electrons. The number of hydrogen-bond acceptors (Lipinski definition) is 2. The molecule has 0 radical (unpaired) electrons. The number of hydrogen-bond donors (Lipinski definition) is 1. The standard InChI is InChI=1S/C13H21N3/c1-3-16(4-2)11-10-15-13(14)12-8-6-5-7-9-12/h5-9H,3-4,10-11H2,1-2H3,(H2,14,15). The Morgan fingerprint density at radius 1 is 1.19 bits per heavy atom. The van der Waals surface area contributed by atoms with Crippen molar-refractivity contribution < 1.29 is 0 Å². The quantitative estimate of drug-likeness (QED) is 0.585. The van der Waals surface area contributed by atoms with E-state index < -0.39 is 0 Å². The average Bonchev–Trinajstić information content (AvgIpc) is 2.35. The van der Waals surface area contributed by atoms with Gasteiger partial charge < -0.3 is 10.6 Å². The van der Waals surface area contributed by atoms with Gasteiger partial charge in [-0.3, -0.25) is 4.99 Å². The summed E-state index contributed by atoms with van der Waals surface area (Å²) >= 11 is 0. The van der Waals surface area contributed by atoms with Crippen molar-refractivity contribution in [1.29, 1.82) is 0 Å². The lowest BCUT2D eigenvalue weighted by Crippen LogP contribution is -2.26. The van der Waals surface area contributed by atoms with E-state index in [2.05, 4.69) is 23.7 Å². The highest BCUT2D eigenvalue weighted by Crippen LogP contribution is 1.97. The molecule has 0 saturated carbocycles. The molecule has 0 fully saturated rings. The third-order valence-corrected chi connectivity index (χ3v) is 2.66. The molecule has 0 unspecified atom stereocenters. The lowest BCUT2D eigenvalue weighted by Gasteiger charge is -2.16. The van der Waals surface area contributed by atoms with Gasteiger partial charge in [0.05, 0.1) is 6.54 Å². The summed E-state index contributed by atoms with van der Waals surface area (Å²) in [4.78, 5) is 6.72. The van der Waals surface area contributed by atoms with Crippen LogP contribution in [-0.4, -0.2) is 36.9 Å². The van der Waals surface area contributed by atoms with Gasteiger partial charge in [0.25, 0.3) is 0 Å². The summed E-state index contributed by atoms with van der Waals surface area (Å²) in [6, 6.07) is 9.89. The second-order valence-corrected chi connectivity index (χ2v) is 3.66. The van der Waals surface area contributed by atoms with Crippen LogP contribution in [0.1, 0.15) is 19.4 Å². The Morgan fingerprint density at radius 2 is 1.81 bits per heavy atom. The van der Waals surface area contributed by atoms with Crippen molar-refractivity contribution in [2.24, 2.45) is 10.7 Å². The number of nitrogens with two attached hydrogens (primary N) is 1. The Morgan fingerprint density at radius 3 is 2.38 bits per heavy atom. The lowest BCUT2D eigenvalue weighted by molar-refractivity contribution is 0.313. The summed E-state index contributed by atoms with van der Waals surface area (Å²) in [5, 5.41) is 0. The maximum absolute atomic E-state index is 5.90. The van der Waals surface area contributed by atoms with Crippen molar-refractivity contribution in [3.8, 4) is 0 Å². The molecule has 0 aliphatic carbocycles. The van der Waals surface area contributed by atoms with Gasteiger partial charge in [0.15, 0.2) is 0 Å². The smallest absolute Gasteiger partial charge is 0.125 e. The monoisotopic (exact) mass is 219 g/mol. The van der Waals surface area contributed by atoms with E-state index in [1.54, 1.807) is 0 Å². The fourth-order valence-electron chi connectivity index (χ4n) is 1.55. The Kier molecular flexibility index (Phi) is 5.57. The van der Waals surface area contributed by atoms with Crippen LogP contribution in [-0.2, 0) is 0 Å². The van der Waals surface area contributed by atoms with Gasteiger partial charge in [-0.05, 0) is 13.1 Å². The van der Waals surface area contributed by atoms with Crippen LogP contribution in [0.25, 0.3) is 0 Å². The van der Waals surface area contributed by atoms with Gasteiger partial charge in [0.1, 0.15) is 5.84 Å². The van der Waals surface area contributed by atoms with Crippen LogP contribution in [0.4, 0.5) is 0 Å². The topological polar surface area (TPSA) is 41.6 Å². The van der Waals surface area contributed by atoms with Crippen LogP contribution in [0.15, 0.2) is 35.3 Å². The van der Waals surface area contributed by atoms with E-state index in [1.165, 1.54) is 0 Å². The van der Waals surface area contributed by atoms with E-state index in [9.17, 15) is 0 Å². The number of rotatable bonds is 6. The molecule has 0 aliphatic heterocycles. The molecule has 1 aromatic carbocycles. The summed E-state index contributed by atoms with van der Waals surface area (Å²) < 4.78 is 0. The molecular weight excluding hydrogens is 198 g/mol. The van der Waals surface area contributed by atoms with Gasteiger partial charge in [-0.1, -0.05) is 44.2 Å². The zero-order valence-corrected chi connectivity index (χ0v) is 10.2. The zero-order valence-electron chi connectivity index (χ0n) is 10.2. The van der Waals surface area contributed by atoms with Crippen molar-refractivity contribution in [2.75, 3.05) is 26.2 Å². The predicted octanol–water partition coefficient (Wildman–Crippen LogP) is 1.73. The van der Waals surface area contributed by atoms with Crippen LogP contribution in [0.2, 0.25) is 0 Å². The maximum atomic E-state index is 5.90. The van der Waals surface area contributed by atoms with Crippen LogP contribution in [0.5, 0.6) is 0 Å². The van der Waals surface area contributed by atoms with Crippen LogP contribution in [0.3, 0.4) is 0 Å². The molecule has 1 rings (SSSR count). The molecule has 3 heteroatoms. The summed E-state index contributed by atoms with van der Waals surface area (Å²) in [6.07, 6.45) is 0. The number of benzene rings is 1. The molecule has 0 atom stereocenters. The zero-order chi connectivity index (χ0) is 11.8. The molecule has 0 aromatic heterocycles. The first kappa shape index (κ1) is 12.7. The van der Waals surface area contributed by atoms with Crippen molar-refractivity contribution in [3.63, 3.8) is 0 Å². The summed E-state index contributed by atoms with van der Waals surface area (Å²) in [6.45, 7) is 8.19. The maximum Gasteiger partial charge on any atom is 0.125 e.